The predicted molar refractivity (Wildman–Crippen MR) is 116 cm³/mol. The molecule has 0 bridgehead atoms. The van der Waals surface area contributed by atoms with E-state index in [1.165, 1.54) is 0 Å². The first-order valence-electron chi connectivity index (χ1n) is 9.50. The first kappa shape index (κ1) is 20.7. The number of hydrogen-bond donors (Lipinski definition) is 1. The molecule has 1 aliphatic heterocycles. The molecular formula is C22H25ClN2O2S. The van der Waals surface area contributed by atoms with Gasteiger partial charge in [0, 0.05) is 31.1 Å². The van der Waals surface area contributed by atoms with Crippen LogP contribution in [-0.2, 0) is 9.59 Å². The van der Waals surface area contributed by atoms with Crippen molar-refractivity contribution in [3.8, 4) is 0 Å². The van der Waals surface area contributed by atoms with Gasteiger partial charge in [-0.2, -0.15) is 0 Å². The molecule has 1 fully saturated rings. The summed E-state index contributed by atoms with van der Waals surface area (Å²) in [6.07, 6.45) is 1.63. The molecule has 0 saturated carbocycles. The fraction of sp³-hybridized carbons (Fsp3) is 0.364. The lowest BCUT2D eigenvalue weighted by atomic mass is 10.0. The number of nitrogens with one attached hydrogen (secondary N) is 1. The van der Waals surface area contributed by atoms with Crippen LogP contribution in [0.4, 0.5) is 0 Å². The number of benzene rings is 2. The van der Waals surface area contributed by atoms with Gasteiger partial charge < -0.3 is 10.2 Å². The largest absolute Gasteiger partial charge is 0.353 e. The Hall–Kier alpha value is -1.98. The fourth-order valence-corrected chi connectivity index (χ4v) is 4.64. The van der Waals surface area contributed by atoms with Crippen molar-refractivity contribution in [1.82, 2.24) is 10.2 Å². The van der Waals surface area contributed by atoms with Crippen LogP contribution in [0.15, 0.2) is 54.6 Å². The van der Waals surface area contributed by atoms with Crippen molar-refractivity contribution in [1.29, 1.82) is 0 Å². The summed E-state index contributed by atoms with van der Waals surface area (Å²) >= 11 is 7.65. The van der Waals surface area contributed by atoms with Crippen molar-refractivity contribution in [2.24, 2.45) is 0 Å². The number of thioether (sulfide) groups is 1. The van der Waals surface area contributed by atoms with Crippen molar-refractivity contribution < 1.29 is 9.59 Å². The molecule has 1 aliphatic rings. The third kappa shape index (κ3) is 5.76. The lowest BCUT2D eigenvalue weighted by Gasteiger charge is -2.31. The minimum Gasteiger partial charge on any atom is -0.353 e. The maximum absolute atomic E-state index is 12.5. The van der Waals surface area contributed by atoms with Crippen molar-refractivity contribution in [2.75, 3.05) is 18.8 Å². The third-order valence-corrected chi connectivity index (χ3v) is 6.52. The average molecular weight is 417 g/mol. The monoisotopic (exact) mass is 416 g/mol. The van der Waals surface area contributed by atoms with Crippen LogP contribution in [0.5, 0.6) is 0 Å². The maximum atomic E-state index is 12.5. The zero-order valence-electron chi connectivity index (χ0n) is 15.9. The second kappa shape index (κ2) is 9.99. The van der Waals surface area contributed by atoms with Gasteiger partial charge in [-0.15, -0.1) is 11.8 Å². The van der Waals surface area contributed by atoms with Crippen molar-refractivity contribution in [3.05, 3.63) is 70.7 Å². The average Bonchev–Trinajstić information content (AvgIpc) is 2.70. The minimum absolute atomic E-state index is 0.0427. The van der Waals surface area contributed by atoms with E-state index >= 15 is 0 Å². The number of nitrogens with zero attached hydrogens (tertiary/aromatic N) is 1. The Morgan fingerprint density at radius 2 is 1.68 bits per heavy atom. The molecule has 4 nitrogen and oxygen atoms in total. The third-order valence-electron chi connectivity index (χ3n) is 4.96. The van der Waals surface area contributed by atoms with E-state index in [9.17, 15) is 9.59 Å². The molecule has 1 N–H and O–H groups in total. The van der Waals surface area contributed by atoms with E-state index in [1.807, 2.05) is 47.4 Å². The van der Waals surface area contributed by atoms with Gasteiger partial charge >= 0.3 is 0 Å². The number of carbonyl (C=O) groups excluding carboxylic acids is 2. The van der Waals surface area contributed by atoms with E-state index in [4.69, 9.17) is 11.6 Å². The molecule has 2 aromatic carbocycles. The van der Waals surface area contributed by atoms with Crippen LogP contribution in [0.3, 0.4) is 0 Å². The smallest absolute Gasteiger partial charge is 0.230 e. The summed E-state index contributed by atoms with van der Waals surface area (Å²) in [5.74, 6) is 0.532. The molecule has 0 aromatic heterocycles. The van der Waals surface area contributed by atoms with Gasteiger partial charge in [-0.1, -0.05) is 54.1 Å². The summed E-state index contributed by atoms with van der Waals surface area (Å²) < 4.78 is 0. The molecule has 1 saturated heterocycles. The molecule has 2 amide bonds. The Morgan fingerprint density at radius 3 is 2.29 bits per heavy atom. The molecule has 0 spiro atoms. The molecule has 0 radical (unpaired) electrons. The predicted octanol–water partition coefficient (Wildman–Crippen LogP) is 4.29. The lowest BCUT2D eigenvalue weighted by Crippen LogP contribution is -2.46. The SMILES string of the molecule is CC(=O)N1CCC(NC(=O)CS[C@@H](c2ccccc2)c2ccc(Cl)cc2)CC1. The molecule has 148 valence electrons. The Balaban J connectivity index is 1.58. The summed E-state index contributed by atoms with van der Waals surface area (Å²) in [6, 6.07) is 18.1. The molecule has 1 heterocycles. The summed E-state index contributed by atoms with van der Waals surface area (Å²) in [4.78, 5) is 25.8. The highest BCUT2D eigenvalue weighted by atomic mass is 35.5. The Morgan fingerprint density at radius 1 is 1.07 bits per heavy atom. The lowest BCUT2D eigenvalue weighted by molar-refractivity contribution is -0.130. The summed E-state index contributed by atoms with van der Waals surface area (Å²) in [5.41, 5.74) is 2.29. The number of amides is 2. The second-order valence-electron chi connectivity index (χ2n) is 7.00. The van der Waals surface area contributed by atoms with Gasteiger partial charge in [0.1, 0.15) is 0 Å². The Bertz CT molecular complexity index is 790. The second-order valence-corrected chi connectivity index (χ2v) is 8.53. The van der Waals surface area contributed by atoms with Gasteiger partial charge in [-0.3, -0.25) is 9.59 Å². The van der Waals surface area contributed by atoms with Crippen LogP contribution in [0, 0.1) is 0 Å². The number of hydrogen-bond acceptors (Lipinski definition) is 3. The molecule has 0 aliphatic carbocycles. The van der Waals surface area contributed by atoms with E-state index in [0.717, 1.165) is 24.0 Å². The highest BCUT2D eigenvalue weighted by molar-refractivity contribution is 8.00. The number of likely N-dealkylation sites (tertiary alicyclic amines) is 1. The zero-order valence-corrected chi connectivity index (χ0v) is 17.5. The molecule has 3 rings (SSSR count). The number of carbonyl (C=O) groups is 2. The van der Waals surface area contributed by atoms with Gasteiger partial charge in [0.05, 0.1) is 11.0 Å². The van der Waals surface area contributed by atoms with Crippen LogP contribution in [0.1, 0.15) is 36.1 Å². The highest BCUT2D eigenvalue weighted by Gasteiger charge is 2.23. The van der Waals surface area contributed by atoms with Gasteiger partial charge in [-0.05, 0) is 36.1 Å². The van der Waals surface area contributed by atoms with Gasteiger partial charge in [-0.25, -0.2) is 0 Å². The highest BCUT2D eigenvalue weighted by Crippen LogP contribution is 2.35. The Kier molecular flexibility index (Phi) is 7.40. The number of piperidine rings is 1. The van der Waals surface area contributed by atoms with Crippen molar-refractivity contribution in [3.63, 3.8) is 0 Å². The first-order valence-corrected chi connectivity index (χ1v) is 10.9. The molecule has 1 atom stereocenters. The van der Waals surface area contributed by atoms with Crippen LogP contribution in [-0.4, -0.2) is 41.6 Å². The Labute approximate surface area is 175 Å². The standard InChI is InChI=1S/C22H25ClN2O2S/c1-16(26)25-13-11-20(12-14-25)24-21(27)15-28-22(17-5-3-2-4-6-17)18-7-9-19(23)10-8-18/h2-10,20,22H,11-15H2,1H3,(H,24,27)/t22-/m0/s1. The summed E-state index contributed by atoms with van der Waals surface area (Å²) in [7, 11) is 0. The summed E-state index contributed by atoms with van der Waals surface area (Å²) in [6.45, 7) is 3.02. The quantitative estimate of drug-likeness (QED) is 0.764. The molecular weight excluding hydrogens is 392 g/mol. The maximum Gasteiger partial charge on any atom is 0.230 e. The first-order chi connectivity index (χ1) is 13.5. The number of rotatable bonds is 6. The van der Waals surface area contributed by atoms with Crippen LogP contribution >= 0.6 is 23.4 Å². The molecule has 6 heteroatoms. The number of halogens is 1. The molecule has 0 unspecified atom stereocenters. The zero-order chi connectivity index (χ0) is 19.9. The van der Waals surface area contributed by atoms with Crippen molar-refractivity contribution >= 4 is 35.2 Å². The van der Waals surface area contributed by atoms with E-state index < -0.39 is 0 Å². The summed E-state index contributed by atoms with van der Waals surface area (Å²) in [5, 5.41) is 3.90. The van der Waals surface area contributed by atoms with Crippen LogP contribution < -0.4 is 5.32 Å². The van der Waals surface area contributed by atoms with Gasteiger partial charge in [0.15, 0.2) is 0 Å². The van der Waals surface area contributed by atoms with Gasteiger partial charge in [0.2, 0.25) is 11.8 Å². The van der Waals surface area contributed by atoms with Crippen LogP contribution in [0.2, 0.25) is 5.02 Å². The van der Waals surface area contributed by atoms with E-state index in [-0.39, 0.29) is 23.1 Å². The van der Waals surface area contributed by atoms with Crippen LogP contribution in [0.25, 0.3) is 0 Å². The van der Waals surface area contributed by atoms with E-state index in [1.54, 1.807) is 18.7 Å². The topological polar surface area (TPSA) is 49.4 Å². The molecule has 2 aromatic rings. The minimum atomic E-state index is 0.0427. The van der Waals surface area contributed by atoms with Crippen molar-refractivity contribution in [2.45, 2.75) is 31.1 Å². The van der Waals surface area contributed by atoms with Gasteiger partial charge in [0.25, 0.3) is 0 Å². The normalized spacial score (nSPS) is 15.9. The van der Waals surface area contributed by atoms with E-state index in [0.29, 0.717) is 23.9 Å². The molecule has 28 heavy (non-hydrogen) atoms. The van der Waals surface area contributed by atoms with E-state index in [2.05, 4.69) is 17.4 Å². The fourth-order valence-electron chi connectivity index (χ4n) is 3.42.